The summed E-state index contributed by atoms with van der Waals surface area (Å²) >= 11 is 5.51. The Morgan fingerprint density at radius 1 is 1.30 bits per heavy atom. The Morgan fingerprint density at radius 2 is 2.00 bits per heavy atom. The van der Waals surface area contributed by atoms with E-state index < -0.39 is 29.9 Å². The van der Waals surface area contributed by atoms with Gasteiger partial charge in [0.25, 0.3) is 0 Å². The van der Waals surface area contributed by atoms with Crippen LogP contribution in [0.1, 0.15) is 58.8 Å². The van der Waals surface area contributed by atoms with Gasteiger partial charge in [-0.2, -0.15) is 0 Å². The molecule has 130 valence electrons. The lowest BCUT2D eigenvalue weighted by Crippen LogP contribution is -2.55. The first kappa shape index (κ1) is 18.2. The monoisotopic (exact) mass is 345 g/mol. The van der Waals surface area contributed by atoms with E-state index in [1.807, 2.05) is 0 Å². The Kier molecular flexibility index (Phi) is 6.03. The average Bonchev–Trinajstić information content (AvgIpc) is 2.81. The summed E-state index contributed by atoms with van der Waals surface area (Å²) in [5.74, 6) is -0.995. The first-order valence-corrected chi connectivity index (χ1v) is 8.76. The molecule has 2 fully saturated rings. The Hall–Kier alpha value is -1.14. The van der Waals surface area contributed by atoms with Gasteiger partial charge in [0.2, 0.25) is 12.2 Å². The van der Waals surface area contributed by atoms with Gasteiger partial charge in [-0.15, -0.1) is 11.6 Å². The zero-order valence-electron chi connectivity index (χ0n) is 13.7. The van der Waals surface area contributed by atoms with Crippen LogP contribution in [0.3, 0.4) is 0 Å². The van der Waals surface area contributed by atoms with Crippen LogP contribution in [-0.4, -0.2) is 46.5 Å². The molecule has 0 aliphatic carbocycles. The summed E-state index contributed by atoms with van der Waals surface area (Å²) in [6.45, 7) is 3.89. The molecule has 2 saturated heterocycles. The number of hydrogen-bond donors (Lipinski definition) is 0. The van der Waals surface area contributed by atoms with Crippen molar-refractivity contribution in [3.05, 3.63) is 0 Å². The number of imide groups is 1. The fraction of sp³-hybridized carbons (Fsp3) is 0.812. The highest BCUT2D eigenvalue weighted by Crippen LogP contribution is 2.36. The second-order valence-electron chi connectivity index (χ2n) is 6.36. The quantitative estimate of drug-likeness (QED) is 0.524. The molecule has 23 heavy (non-hydrogen) atoms. The molecule has 2 aliphatic heterocycles. The van der Waals surface area contributed by atoms with Gasteiger partial charge in [-0.1, -0.05) is 39.0 Å². The summed E-state index contributed by atoms with van der Waals surface area (Å²) in [7, 11) is 0. The van der Waals surface area contributed by atoms with Crippen molar-refractivity contribution in [1.82, 2.24) is 4.90 Å². The van der Waals surface area contributed by atoms with Crippen LogP contribution in [0.5, 0.6) is 0 Å². The molecule has 2 amide bonds. The fourth-order valence-corrected chi connectivity index (χ4v) is 3.25. The van der Waals surface area contributed by atoms with Gasteiger partial charge in [0.1, 0.15) is 17.5 Å². The number of nitrogens with zero attached hydrogens (tertiary/aromatic N) is 1. The molecule has 0 unspecified atom stereocenters. The first-order chi connectivity index (χ1) is 10.9. The zero-order chi connectivity index (χ0) is 17.0. The van der Waals surface area contributed by atoms with E-state index in [0.29, 0.717) is 6.42 Å². The van der Waals surface area contributed by atoms with Crippen molar-refractivity contribution >= 4 is 29.4 Å². The molecule has 7 heteroatoms. The molecule has 0 aromatic carbocycles. The van der Waals surface area contributed by atoms with Crippen LogP contribution in [0.4, 0.5) is 4.79 Å². The van der Waals surface area contributed by atoms with E-state index in [-0.39, 0.29) is 18.1 Å². The van der Waals surface area contributed by atoms with E-state index in [9.17, 15) is 14.4 Å². The Balaban J connectivity index is 1.97. The summed E-state index contributed by atoms with van der Waals surface area (Å²) in [5.41, 5.74) is -0.951. The summed E-state index contributed by atoms with van der Waals surface area (Å²) < 4.78 is 10.9. The Bertz CT molecular complexity index is 483. The van der Waals surface area contributed by atoms with Crippen molar-refractivity contribution in [3.8, 4) is 0 Å². The van der Waals surface area contributed by atoms with Crippen LogP contribution in [0.15, 0.2) is 0 Å². The SMILES string of the molecule is CCCCCCC[C@@]1(C)O[C@@H]2OC(=O)N(C(=O)CCl)[C@@H]2CC1=O. The molecule has 6 nitrogen and oxygen atoms in total. The Morgan fingerprint density at radius 3 is 2.65 bits per heavy atom. The van der Waals surface area contributed by atoms with Crippen LogP contribution in [-0.2, 0) is 19.1 Å². The molecule has 0 N–H and O–H groups in total. The van der Waals surface area contributed by atoms with Crippen LogP contribution < -0.4 is 0 Å². The van der Waals surface area contributed by atoms with Gasteiger partial charge in [0.05, 0.1) is 0 Å². The largest absolute Gasteiger partial charge is 0.419 e. The smallest absolute Gasteiger partial charge is 0.417 e. The van der Waals surface area contributed by atoms with E-state index in [2.05, 4.69) is 6.92 Å². The third-order valence-corrected chi connectivity index (χ3v) is 4.79. The topological polar surface area (TPSA) is 72.9 Å². The third kappa shape index (κ3) is 3.86. The van der Waals surface area contributed by atoms with Crippen molar-refractivity contribution < 1.29 is 23.9 Å². The van der Waals surface area contributed by atoms with Gasteiger partial charge in [-0.05, 0) is 13.3 Å². The molecule has 0 aromatic heterocycles. The van der Waals surface area contributed by atoms with Gasteiger partial charge >= 0.3 is 6.09 Å². The number of ketones is 1. The number of halogens is 1. The minimum atomic E-state index is -0.951. The highest BCUT2D eigenvalue weighted by Gasteiger charge is 2.55. The van der Waals surface area contributed by atoms with Crippen molar-refractivity contribution in [2.24, 2.45) is 0 Å². The molecule has 2 aliphatic rings. The standard InChI is InChI=1S/C16H24ClNO5/c1-3-4-5-6-7-8-16(2)12(19)9-11-14(23-16)22-15(21)18(11)13(20)10-17/h11,14H,3-10H2,1-2H3/t11-,14+,16-/m1/s1. The average molecular weight is 346 g/mol. The second kappa shape index (κ2) is 7.62. The van der Waals surface area contributed by atoms with Crippen molar-refractivity contribution in [2.45, 2.75) is 76.7 Å². The van der Waals surface area contributed by atoms with Crippen molar-refractivity contribution in [1.29, 1.82) is 0 Å². The number of ether oxygens (including phenoxy) is 2. The predicted octanol–water partition coefficient (Wildman–Crippen LogP) is 3.01. The molecule has 0 bridgehead atoms. The van der Waals surface area contributed by atoms with Crippen molar-refractivity contribution in [2.75, 3.05) is 5.88 Å². The number of carbonyl (C=O) groups is 3. The number of rotatable bonds is 7. The third-order valence-electron chi connectivity index (χ3n) is 4.56. The highest BCUT2D eigenvalue weighted by atomic mass is 35.5. The van der Waals surface area contributed by atoms with Gasteiger partial charge in [0.15, 0.2) is 5.78 Å². The minimum absolute atomic E-state index is 0.0600. The molecule has 0 radical (unpaired) electrons. The predicted molar refractivity (Wildman–Crippen MR) is 84.1 cm³/mol. The summed E-state index contributed by atoms with van der Waals surface area (Å²) in [6.07, 6.45) is 4.41. The maximum Gasteiger partial charge on any atom is 0.419 e. The number of Topliss-reactive ketones (excluding diaryl/α,β-unsaturated/α-hetero) is 1. The normalized spacial score (nSPS) is 30.3. The van der Waals surface area contributed by atoms with Gasteiger partial charge < -0.3 is 9.47 Å². The van der Waals surface area contributed by atoms with E-state index in [1.165, 1.54) is 6.42 Å². The second-order valence-corrected chi connectivity index (χ2v) is 6.62. The molecule has 0 saturated carbocycles. The summed E-state index contributed by atoms with van der Waals surface area (Å²) in [5, 5.41) is 0. The zero-order valence-corrected chi connectivity index (χ0v) is 14.4. The molecule has 0 aromatic rings. The molecule has 0 spiro atoms. The minimum Gasteiger partial charge on any atom is -0.417 e. The lowest BCUT2D eigenvalue weighted by molar-refractivity contribution is -0.204. The van der Waals surface area contributed by atoms with Crippen LogP contribution in [0, 0.1) is 0 Å². The van der Waals surface area contributed by atoms with Crippen LogP contribution in [0.2, 0.25) is 0 Å². The summed E-state index contributed by atoms with van der Waals surface area (Å²) in [6, 6.07) is -0.700. The van der Waals surface area contributed by atoms with Gasteiger partial charge in [-0.3, -0.25) is 9.59 Å². The van der Waals surface area contributed by atoms with E-state index in [4.69, 9.17) is 21.1 Å². The van der Waals surface area contributed by atoms with Gasteiger partial charge in [-0.25, -0.2) is 9.69 Å². The fourth-order valence-electron chi connectivity index (χ4n) is 3.13. The van der Waals surface area contributed by atoms with E-state index in [1.54, 1.807) is 6.92 Å². The van der Waals surface area contributed by atoms with Gasteiger partial charge in [0, 0.05) is 6.42 Å². The number of hydrogen-bond acceptors (Lipinski definition) is 5. The highest BCUT2D eigenvalue weighted by molar-refractivity contribution is 6.28. The molecular weight excluding hydrogens is 322 g/mol. The van der Waals surface area contributed by atoms with Crippen LogP contribution >= 0.6 is 11.6 Å². The number of amides is 2. The first-order valence-electron chi connectivity index (χ1n) is 8.22. The van der Waals surface area contributed by atoms with E-state index >= 15 is 0 Å². The maximum atomic E-state index is 12.5. The lowest BCUT2D eigenvalue weighted by Gasteiger charge is -2.38. The molecular formula is C16H24ClNO5. The number of carbonyl (C=O) groups excluding carboxylic acids is 3. The molecule has 2 heterocycles. The molecule has 3 atom stereocenters. The number of alkyl halides is 1. The maximum absolute atomic E-state index is 12.5. The van der Waals surface area contributed by atoms with Crippen LogP contribution in [0.25, 0.3) is 0 Å². The van der Waals surface area contributed by atoms with E-state index in [0.717, 1.165) is 30.6 Å². The summed E-state index contributed by atoms with van der Waals surface area (Å²) in [4.78, 5) is 37.0. The number of unbranched alkanes of at least 4 members (excludes halogenated alkanes) is 4. The molecule has 2 rings (SSSR count). The van der Waals surface area contributed by atoms with Crippen molar-refractivity contribution in [3.63, 3.8) is 0 Å². The lowest BCUT2D eigenvalue weighted by atomic mass is 9.86. The Labute approximate surface area is 141 Å². The number of fused-ring (bicyclic) bond motifs is 1.